The number of nitrogens with one attached hydrogen (secondary N) is 4. The van der Waals surface area contributed by atoms with Crippen LogP contribution in [0.1, 0.15) is 16.7 Å². The Morgan fingerprint density at radius 3 is 2.51 bits per heavy atom. The molecule has 0 aliphatic carbocycles. The molecule has 12 heteroatoms. The molecule has 13 N–H and O–H groups in total. The summed E-state index contributed by atoms with van der Waals surface area (Å²) in [5.74, 6) is 11.8. The number of H-pyrrole nitrogens is 1. The summed E-state index contributed by atoms with van der Waals surface area (Å²) in [6.45, 7) is 0.192. The first-order chi connectivity index (χ1) is 16.8. The van der Waals surface area contributed by atoms with Crippen LogP contribution in [-0.2, 0) is 6.54 Å². The third kappa shape index (κ3) is 4.82. The molecule has 4 aromatic rings. The summed E-state index contributed by atoms with van der Waals surface area (Å²) in [7, 11) is 0. The number of hydrazine groups is 1. The maximum atomic E-state index is 11.1. The van der Waals surface area contributed by atoms with Crippen molar-refractivity contribution >= 4 is 28.7 Å². The number of aromatic amines is 1. The molecule has 0 aliphatic heterocycles. The molecule has 4 rings (SSSR count). The van der Waals surface area contributed by atoms with Crippen molar-refractivity contribution in [3.8, 4) is 28.3 Å². The SMILES string of the molecule is N=C(N)c1ccc2nc(-c3cc(/C(=N/N)NN)cc(-c4cc(CNC(N)=O)ccc4O)c3)[nH]c2c1. The predicted octanol–water partition coefficient (Wildman–Crippen LogP) is 1.14. The minimum Gasteiger partial charge on any atom is -0.507 e. The van der Waals surface area contributed by atoms with Gasteiger partial charge in [0.15, 0.2) is 5.84 Å². The van der Waals surface area contributed by atoms with Crippen LogP contribution < -0.4 is 33.9 Å². The number of carbonyl (C=O) groups excluding carboxylic acids is 1. The summed E-state index contributed by atoms with van der Waals surface area (Å²) < 4.78 is 0. The van der Waals surface area contributed by atoms with Crippen molar-refractivity contribution in [2.24, 2.45) is 28.3 Å². The van der Waals surface area contributed by atoms with E-state index >= 15 is 0 Å². The number of hydrogen-bond acceptors (Lipinski definition) is 7. The van der Waals surface area contributed by atoms with E-state index in [0.717, 1.165) is 5.56 Å². The van der Waals surface area contributed by atoms with Crippen molar-refractivity contribution in [3.05, 3.63) is 71.3 Å². The Kier molecular flexibility index (Phi) is 6.20. The van der Waals surface area contributed by atoms with Gasteiger partial charge in [0.1, 0.15) is 17.4 Å². The van der Waals surface area contributed by atoms with Crippen molar-refractivity contribution in [3.63, 3.8) is 0 Å². The summed E-state index contributed by atoms with van der Waals surface area (Å²) in [5, 5.41) is 24.5. The molecule has 35 heavy (non-hydrogen) atoms. The maximum Gasteiger partial charge on any atom is 0.312 e. The molecule has 2 amide bonds. The third-order valence-corrected chi connectivity index (χ3v) is 5.38. The number of imidazole rings is 1. The largest absolute Gasteiger partial charge is 0.507 e. The summed E-state index contributed by atoms with van der Waals surface area (Å²) >= 11 is 0. The lowest BCUT2D eigenvalue weighted by atomic mass is 9.96. The zero-order valence-corrected chi connectivity index (χ0v) is 18.5. The van der Waals surface area contributed by atoms with Gasteiger partial charge in [-0.3, -0.25) is 5.41 Å². The lowest BCUT2D eigenvalue weighted by Crippen LogP contribution is -2.32. The van der Waals surface area contributed by atoms with Crippen LogP contribution in [-0.4, -0.2) is 32.8 Å². The number of primary amides is 1. The topological polar surface area (TPSA) is 230 Å². The van der Waals surface area contributed by atoms with E-state index in [0.29, 0.717) is 44.7 Å². The second kappa shape index (κ2) is 9.41. The van der Waals surface area contributed by atoms with Gasteiger partial charge in [-0.05, 0) is 59.7 Å². The van der Waals surface area contributed by atoms with E-state index in [4.69, 9.17) is 28.6 Å². The van der Waals surface area contributed by atoms with E-state index < -0.39 is 6.03 Å². The van der Waals surface area contributed by atoms with Crippen LogP contribution in [0.3, 0.4) is 0 Å². The number of urea groups is 1. The molecule has 3 aromatic carbocycles. The van der Waals surface area contributed by atoms with Gasteiger partial charge in [-0.15, -0.1) is 0 Å². The number of hydrogen-bond donors (Lipinski definition) is 9. The molecule has 0 unspecified atom stereocenters. The number of aromatic nitrogens is 2. The highest BCUT2D eigenvalue weighted by Gasteiger charge is 2.15. The molecule has 0 spiro atoms. The Morgan fingerprint density at radius 1 is 1.06 bits per heavy atom. The van der Waals surface area contributed by atoms with Gasteiger partial charge in [0.05, 0.1) is 11.0 Å². The summed E-state index contributed by atoms with van der Waals surface area (Å²) in [5.41, 5.74) is 18.3. The summed E-state index contributed by atoms with van der Waals surface area (Å²) in [6.07, 6.45) is 0. The zero-order chi connectivity index (χ0) is 25.1. The number of aromatic hydroxyl groups is 1. The fourth-order valence-electron chi connectivity index (χ4n) is 3.68. The van der Waals surface area contributed by atoms with Crippen LogP contribution in [0.15, 0.2) is 59.7 Å². The normalized spacial score (nSPS) is 11.4. The zero-order valence-electron chi connectivity index (χ0n) is 18.5. The summed E-state index contributed by atoms with van der Waals surface area (Å²) in [6, 6.07) is 14.9. The average Bonchev–Trinajstić information content (AvgIpc) is 3.27. The van der Waals surface area contributed by atoms with Gasteiger partial charge in [0, 0.05) is 28.8 Å². The van der Waals surface area contributed by atoms with Gasteiger partial charge in [-0.2, -0.15) is 5.10 Å². The van der Waals surface area contributed by atoms with Crippen LogP contribution in [0.2, 0.25) is 0 Å². The number of benzene rings is 3. The van der Waals surface area contributed by atoms with Crippen LogP contribution in [0, 0.1) is 5.41 Å². The highest BCUT2D eigenvalue weighted by Crippen LogP contribution is 2.34. The molecule has 0 saturated heterocycles. The Balaban J connectivity index is 1.87. The van der Waals surface area contributed by atoms with Gasteiger partial charge in [0.25, 0.3) is 0 Å². The molecule has 0 bridgehead atoms. The highest BCUT2D eigenvalue weighted by molar-refractivity contribution is 6.01. The third-order valence-electron chi connectivity index (χ3n) is 5.38. The molecule has 1 heterocycles. The van der Waals surface area contributed by atoms with Crippen LogP contribution >= 0.6 is 0 Å². The Morgan fingerprint density at radius 2 is 1.83 bits per heavy atom. The van der Waals surface area contributed by atoms with Crippen molar-refractivity contribution in [1.29, 1.82) is 5.41 Å². The number of hydrazone groups is 1. The molecule has 12 nitrogen and oxygen atoms in total. The van der Waals surface area contributed by atoms with Gasteiger partial charge in [0.2, 0.25) is 0 Å². The van der Waals surface area contributed by atoms with E-state index in [9.17, 15) is 9.90 Å². The first kappa shape index (κ1) is 23.1. The van der Waals surface area contributed by atoms with E-state index in [2.05, 4.69) is 25.8 Å². The van der Waals surface area contributed by atoms with Gasteiger partial charge < -0.3 is 38.1 Å². The fourth-order valence-corrected chi connectivity index (χ4v) is 3.68. The van der Waals surface area contributed by atoms with Crippen LogP contribution in [0.4, 0.5) is 4.79 Å². The van der Waals surface area contributed by atoms with Gasteiger partial charge in [-0.25, -0.2) is 15.6 Å². The number of nitrogens with zero attached hydrogens (tertiary/aromatic N) is 2. The van der Waals surface area contributed by atoms with Gasteiger partial charge >= 0.3 is 6.03 Å². The van der Waals surface area contributed by atoms with Crippen molar-refractivity contribution in [2.75, 3.05) is 0 Å². The number of rotatable bonds is 6. The first-order valence-electron chi connectivity index (χ1n) is 10.4. The summed E-state index contributed by atoms with van der Waals surface area (Å²) in [4.78, 5) is 19.0. The molecule has 0 saturated carbocycles. The smallest absolute Gasteiger partial charge is 0.312 e. The number of amidine groups is 2. The molecule has 178 valence electrons. The number of phenols is 1. The Labute approximate surface area is 199 Å². The monoisotopic (exact) mass is 472 g/mol. The minimum atomic E-state index is -0.653. The number of nitrogens with two attached hydrogens (primary N) is 4. The van der Waals surface area contributed by atoms with Crippen molar-refractivity contribution in [1.82, 2.24) is 20.7 Å². The Bertz CT molecular complexity index is 1470. The molecule has 0 fully saturated rings. The van der Waals surface area contributed by atoms with Crippen molar-refractivity contribution < 1.29 is 9.90 Å². The van der Waals surface area contributed by atoms with Crippen LogP contribution in [0.5, 0.6) is 5.75 Å². The average molecular weight is 473 g/mol. The Hall–Kier alpha value is -5.10. The molecule has 0 radical (unpaired) electrons. The second-order valence-corrected chi connectivity index (χ2v) is 7.72. The molecular formula is C23H24N10O2. The number of phenolic OH excluding ortho intramolecular Hbond substituents is 1. The van der Waals surface area contributed by atoms with E-state index in [1.165, 1.54) is 6.07 Å². The fraction of sp³-hybridized carbons (Fsp3) is 0.0435. The molecule has 1 aromatic heterocycles. The van der Waals surface area contributed by atoms with Crippen molar-refractivity contribution in [2.45, 2.75) is 6.54 Å². The molecule has 0 aliphatic rings. The second-order valence-electron chi connectivity index (χ2n) is 7.72. The number of nitrogen functional groups attached to an aromatic ring is 1. The minimum absolute atomic E-state index is 0.0265. The lowest BCUT2D eigenvalue weighted by Gasteiger charge is -2.13. The number of fused-ring (bicyclic) bond motifs is 1. The highest BCUT2D eigenvalue weighted by atomic mass is 16.3. The quantitative estimate of drug-likeness (QED) is 0.0858. The predicted molar refractivity (Wildman–Crippen MR) is 134 cm³/mol. The lowest BCUT2D eigenvalue weighted by molar-refractivity contribution is 0.248. The maximum absolute atomic E-state index is 11.1. The molecule has 0 atom stereocenters. The standard InChI is InChI=1S/C23H24N10O2/c24-20(25)12-2-3-17-18(9-12)31-21(30-17)14-6-13(7-15(8-14)22(32-27)33-28)16-5-11(1-4-19(16)34)10-29-23(26)35/h1-9,34H,10,27-28H2,(H3,24,25)(H,30,31)(H,32,33)(H3,26,29,35). The van der Waals surface area contributed by atoms with E-state index in [1.807, 2.05) is 6.07 Å². The van der Waals surface area contributed by atoms with Gasteiger partial charge in [-0.1, -0.05) is 6.07 Å². The van der Waals surface area contributed by atoms with E-state index in [-0.39, 0.29) is 24.0 Å². The molecular weight excluding hydrogens is 448 g/mol. The van der Waals surface area contributed by atoms with E-state index in [1.54, 1.807) is 42.5 Å². The number of carbonyl (C=O) groups is 1. The first-order valence-corrected chi connectivity index (χ1v) is 10.4. The number of amides is 2. The van der Waals surface area contributed by atoms with Crippen LogP contribution in [0.25, 0.3) is 33.5 Å².